The highest BCUT2D eigenvalue weighted by Crippen LogP contribution is 2.28. The Hall–Kier alpha value is -2.78. The molecule has 5 rings (SSSR count). The molecule has 0 saturated carbocycles. The lowest BCUT2D eigenvalue weighted by Gasteiger charge is -2.16. The number of nitrogens with zero attached hydrogens (tertiary/aromatic N) is 4. The van der Waals surface area contributed by atoms with E-state index in [9.17, 15) is 13.6 Å². The number of aromatic nitrogens is 4. The molecule has 1 saturated heterocycles. The third-order valence-corrected chi connectivity index (χ3v) is 6.40. The van der Waals surface area contributed by atoms with Gasteiger partial charge in [0.05, 0.1) is 40.3 Å². The Kier molecular flexibility index (Phi) is 5.45. The monoisotopic (exact) mass is 442 g/mol. The molecule has 3 heterocycles. The number of thioether (sulfide) groups is 1. The van der Waals surface area contributed by atoms with E-state index in [1.807, 2.05) is 6.07 Å². The van der Waals surface area contributed by atoms with Crippen molar-refractivity contribution in [1.29, 1.82) is 0 Å². The minimum Gasteiger partial charge on any atom is -0.376 e. The van der Waals surface area contributed by atoms with Gasteiger partial charge in [-0.1, -0.05) is 36.0 Å². The second-order valence-electron chi connectivity index (χ2n) is 7.42. The summed E-state index contributed by atoms with van der Waals surface area (Å²) < 4.78 is 35.8. The van der Waals surface area contributed by atoms with Crippen LogP contribution >= 0.6 is 11.8 Å². The number of hydrogen-bond acceptors (Lipinski definition) is 5. The van der Waals surface area contributed by atoms with Crippen molar-refractivity contribution in [2.45, 2.75) is 42.9 Å². The second kappa shape index (κ2) is 8.39. The summed E-state index contributed by atoms with van der Waals surface area (Å²) in [4.78, 5) is 22.2. The summed E-state index contributed by atoms with van der Waals surface area (Å²) in [7, 11) is 0. The molecule has 9 heteroatoms. The molecular weight excluding hydrogens is 422 g/mol. The SMILES string of the molecule is O=c1c2ccccc2nc(SCc2nc3ccccc3n2C(F)F)n1C[C@@H]1CCCO1. The minimum atomic E-state index is -2.71. The van der Waals surface area contributed by atoms with Gasteiger partial charge in [-0.05, 0) is 37.1 Å². The Labute approximate surface area is 180 Å². The van der Waals surface area contributed by atoms with E-state index in [0.29, 0.717) is 40.2 Å². The quantitative estimate of drug-likeness (QED) is 0.322. The smallest absolute Gasteiger partial charge is 0.320 e. The van der Waals surface area contributed by atoms with E-state index in [1.54, 1.807) is 47.0 Å². The Morgan fingerprint density at radius 3 is 2.65 bits per heavy atom. The Morgan fingerprint density at radius 2 is 1.87 bits per heavy atom. The van der Waals surface area contributed by atoms with Gasteiger partial charge in [0.1, 0.15) is 5.82 Å². The fraction of sp³-hybridized carbons (Fsp3) is 0.318. The van der Waals surface area contributed by atoms with Crippen LogP contribution in [-0.2, 0) is 17.0 Å². The lowest BCUT2D eigenvalue weighted by Crippen LogP contribution is -2.28. The number of halogens is 2. The molecule has 0 amide bonds. The fourth-order valence-electron chi connectivity index (χ4n) is 3.95. The van der Waals surface area contributed by atoms with Crippen molar-refractivity contribution in [3.05, 3.63) is 64.7 Å². The van der Waals surface area contributed by atoms with Gasteiger partial charge in [0.2, 0.25) is 0 Å². The molecular formula is C22H20F2N4O2S. The first-order valence-corrected chi connectivity index (χ1v) is 11.1. The van der Waals surface area contributed by atoms with E-state index in [2.05, 4.69) is 9.97 Å². The van der Waals surface area contributed by atoms with Crippen LogP contribution in [0.15, 0.2) is 58.5 Å². The highest BCUT2D eigenvalue weighted by atomic mass is 32.2. The van der Waals surface area contributed by atoms with Crippen molar-refractivity contribution in [2.75, 3.05) is 6.61 Å². The van der Waals surface area contributed by atoms with Crippen LogP contribution in [0, 0.1) is 0 Å². The molecule has 2 aromatic heterocycles. The maximum absolute atomic E-state index is 13.8. The number of benzene rings is 2. The largest absolute Gasteiger partial charge is 0.376 e. The highest BCUT2D eigenvalue weighted by molar-refractivity contribution is 7.98. The zero-order valence-electron chi connectivity index (χ0n) is 16.6. The molecule has 2 aromatic carbocycles. The normalized spacial score (nSPS) is 16.7. The third-order valence-electron chi connectivity index (χ3n) is 5.43. The number of alkyl halides is 2. The first kappa shape index (κ1) is 20.1. The highest BCUT2D eigenvalue weighted by Gasteiger charge is 2.22. The number of imidazole rings is 1. The van der Waals surface area contributed by atoms with Crippen LogP contribution in [0.1, 0.15) is 25.2 Å². The second-order valence-corrected chi connectivity index (χ2v) is 8.36. The number of hydrogen-bond donors (Lipinski definition) is 0. The van der Waals surface area contributed by atoms with Crippen LogP contribution in [0.2, 0.25) is 0 Å². The third kappa shape index (κ3) is 3.83. The molecule has 4 aromatic rings. The first-order valence-electron chi connectivity index (χ1n) is 10.1. The molecule has 160 valence electrons. The lowest BCUT2D eigenvalue weighted by atomic mass is 10.2. The van der Waals surface area contributed by atoms with E-state index in [0.717, 1.165) is 17.4 Å². The average molecular weight is 442 g/mol. The fourth-order valence-corrected chi connectivity index (χ4v) is 4.89. The Bertz CT molecular complexity index is 1300. The van der Waals surface area contributed by atoms with Crippen LogP contribution in [0.3, 0.4) is 0 Å². The Morgan fingerprint density at radius 1 is 1.10 bits per heavy atom. The number of rotatable bonds is 6. The van der Waals surface area contributed by atoms with Crippen molar-refractivity contribution in [3.8, 4) is 0 Å². The molecule has 1 atom stereocenters. The molecule has 6 nitrogen and oxygen atoms in total. The predicted octanol–water partition coefficient (Wildman–Crippen LogP) is 4.61. The van der Waals surface area contributed by atoms with Gasteiger partial charge in [0.25, 0.3) is 5.56 Å². The summed E-state index contributed by atoms with van der Waals surface area (Å²) >= 11 is 1.24. The topological polar surface area (TPSA) is 61.9 Å². The number of para-hydroxylation sites is 3. The van der Waals surface area contributed by atoms with Crippen molar-refractivity contribution < 1.29 is 13.5 Å². The van der Waals surface area contributed by atoms with Crippen LogP contribution in [0.5, 0.6) is 0 Å². The van der Waals surface area contributed by atoms with E-state index in [-0.39, 0.29) is 23.2 Å². The maximum atomic E-state index is 13.8. The molecule has 0 aliphatic carbocycles. The summed E-state index contributed by atoms with van der Waals surface area (Å²) in [6, 6.07) is 14.0. The van der Waals surface area contributed by atoms with Gasteiger partial charge >= 0.3 is 6.55 Å². The summed E-state index contributed by atoms with van der Waals surface area (Å²) in [5.74, 6) is 0.405. The summed E-state index contributed by atoms with van der Waals surface area (Å²) in [6.45, 7) is -1.63. The summed E-state index contributed by atoms with van der Waals surface area (Å²) in [5, 5.41) is 1.01. The van der Waals surface area contributed by atoms with Crippen molar-refractivity contribution in [1.82, 2.24) is 19.1 Å². The average Bonchev–Trinajstić information content (AvgIpc) is 3.41. The van der Waals surface area contributed by atoms with Gasteiger partial charge in [0, 0.05) is 6.61 Å². The van der Waals surface area contributed by atoms with Gasteiger partial charge in [-0.3, -0.25) is 13.9 Å². The minimum absolute atomic E-state index is 0.0503. The number of fused-ring (bicyclic) bond motifs is 2. The van der Waals surface area contributed by atoms with Crippen LogP contribution in [0.4, 0.5) is 8.78 Å². The van der Waals surface area contributed by atoms with Gasteiger partial charge in [-0.2, -0.15) is 8.78 Å². The van der Waals surface area contributed by atoms with Crippen molar-refractivity contribution >= 4 is 33.7 Å². The van der Waals surface area contributed by atoms with Gasteiger partial charge < -0.3 is 4.74 Å². The first-order chi connectivity index (χ1) is 15.1. The van der Waals surface area contributed by atoms with Gasteiger partial charge in [-0.25, -0.2) is 9.97 Å². The molecule has 1 aliphatic heterocycles. The maximum Gasteiger partial charge on any atom is 0.320 e. The lowest BCUT2D eigenvalue weighted by molar-refractivity contribution is 0.0722. The Balaban J connectivity index is 1.53. The van der Waals surface area contributed by atoms with E-state index >= 15 is 0 Å². The standard InChI is InChI=1S/C22H20F2N4O2S/c23-21(24)28-18-10-4-3-9-17(18)25-19(28)13-31-22-26-16-8-2-1-7-15(16)20(29)27(22)12-14-6-5-11-30-14/h1-4,7-10,14,21H,5-6,11-13H2/t14-/m0/s1. The van der Waals surface area contributed by atoms with Crippen LogP contribution in [-0.4, -0.2) is 31.8 Å². The zero-order chi connectivity index (χ0) is 21.4. The molecule has 1 aliphatic rings. The van der Waals surface area contributed by atoms with Gasteiger partial charge in [-0.15, -0.1) is 0 Å². The molecule has 0 N–H and O–H groups in total. The van der Waals surface area contributed by atoms with Crippen molar-refractivity contribution in [3.63, 3.8) is 0 Å². The molecule has 31 heavy (non-hydrogen) atoms. The molecule has 0 radical (unpaired) electrons. The predicted molar refractivity (Wildman–Crippen MR) is 116 cm³/mol. The van der Waals surface area contributed by atoms with Crippen LogP contribution < -0.4 is 5.56 Å². The molecule has 0 bridgehead atoms. The van der Waals surface area contributed by atoms with E-state index < -0.39 is 6.55 Å². The van der Waals surface area contributed by atoms with Crippen LogP contribution in [0.25, 0.3) is 21.9 Å². The zero-order valence-corrected chi connectivity index (χ0v) is 17.4. The van der Waals surface area contributed by atoms with E-state index in [4.69, 9.17) is 4.74 Å². The number of ether oxygens (including phenoxy) is 1. The summed E-state index contributed by atoms with van der Waals surface area (Å²) in [5.41, 5.74) is 1.34. The van der Waals surface area contributed by atoms with Crippen molar-refractivity contribution in [2.24, 2.45) is 0 Å². The summed E-state index contributed by atoms with van der Waals surface area (Å²) in [6.07, 6.45) is 1.79. The molecule has 1 fully saturated rings. The molecule has 0 unspecified atom stereocenters. The van der Waals surface area contributed by atoms with E-state index in [1.165, 1.54) is 11.8 Å². The van der Waals surface area contributed by atoms with Gasteiger partial charge in [0.15, 0.2) is 5.16 Å². The molecule has 0 spiro atoms.